The van der Waals surface area contributed by atoms with Crippen molar-refractivity contribution in [1.82, 2.24) is 0 Å². The number of ketones is 1. The van der Waals surface area contributed by atoms with E-state index in [1.807, 2.05) is 0 Å². The first-order chi connectivity index (χ1) is 6.43. The molecular formula is C10H11NO3. The van der Waals surface area contributed by atoms with Gasteiger partial charge in [-0.15, -0.1) is 0 Å². The van der Waals surface area contributed by atoms with E-state index in [4.69, 9.17) is 0 Å². The van der Waals surface area contributed by atoms with Crippen molar-refractivity contribution in [3.63, 3.8) is 0 Å². The lowest BCUT2D eigenvalue weighted by molar-refractivity contribution is -0.385. The third kappa shape index (κ3) is 1.79. The van der Waals surface area contributed by atoms with Gasteiger partial charge >= 0.3 is 0 Å². The summed E-state index contributed by atoms with van der Waals surface area (Å²) < 4.78 is 0. The Kier molecular flexibility index (Phi) is 2.65. The summed E-state index contributed by atoms with van der Waals surface area (Å²) in [7, 11) is 0. The number of nitrogens with zero attached hydrogens (tertiary/aromatic N) is 1. The van der Waals surface area contributed by atoms with E-state index < -0.39 is 4.92 Å². The molecule has 0 amide bonds. The number of nitro benzene ring substituents is 1. The first-order valence-electron chi connectivity index (χ1n) is 4.20. The zero-order valence-corrected chi connectivity index (χ0v) is 8.33. The van der Waals surface area contributed by atoms with Gasteiger partial charge in [-0.1, -0.05) is 0 Å². The van der Waals surface area contributed by atoms with Crippen molar-refractivity contribution < 1.29 is 9.72 Å². The van der Waals surface area contributed by atoms with E-state index in [0.29, 0.717) is 11.1 Å². The fourth-order valence-corrected chi connectivity index (χ4v) is 1.42. The molecular weight excluding hydrogens is 182 g/mol. The van der Waals surface area contributed by atoms with Gasteiger partial charge in [-0.05, 0) is 32.4 Å². The molecule has 0 saturated heterocycles. The largest absolute Gasteiger partial charge is 0.294 e. The number of Topliss-reactive ketones (excluding diaryl/α,β-unsaturated/α-hetero) is 1. The molecule has 0 N–H and O–H groups in total. The topological polar surface area (TPSA) is 60.2 Å². The van der Waals surface area contributed by atoms with Crippen molar-refractivity contribution in [3.05, 3.63) is 38.9 Å². The zero-order chi connectivity index (χ0) is 10.9. The van der Waals surface area contributed by atoms with Crippen LogP contribution in [0.4, 0.5) is 5.69 Å². The highest BCUT2D eigenvalue weighted by Gasteiger charge is 2.15. The number of hydrogen-bond donors (Lipinski definition) is 0. The van der Waals surface area contributed by atoms with E-state index in [1.165, 1.54) is 13.0 Å². The summed E-state index contributed by atoms with van der Waals surface area (Å²) in [4.78, 5) is 21.3. The Morgan fingerprint density at radius 2 is 1.86 bits per heavy atom. The van der Waals surface area contributed by atoms with Crippen molar-refractivity contribution in [2.24, 2.45) is 0 Å². The van der Waals surface area contributed by atoms with E-state index in [1.54, 1.807) is 19.9 Å². The molecule has 0 aliphatic rings. The minimum absolute atomic E-state index is 0.000741. The lowest BCUT2D eigenvalue weighted by Crippen LogP contribution is -2.00. The van der Waals surface area contributed by atoms with Gasteiger partial charge < -0.3 is 0 Å². The molecule has 1 aromatic rings. The maximum Gasteiger partial charge on any atom is 0.273 e. The molecule has 14 heavy (non-hydrogen) atoms. The molecule has 0 heterocycles. The van der Waals surface area contributed by atoms with Crippen LogP contribution < -0.4 is 0 Å². The van der Waals surface area contributed by atoms with Gasteiger partial charge in [0.25, 0.3) is 5.69 Å². The highest BCUT2D eigenvalue weighted by molar-refractivity contribution is 5.96. The molecule has 1 aromatic carbocycles. The number of benzene rings is 1. The number of carbonyl (C=O) groups excluding carboxylic acids is 1. The number of carbonyl (C=O) groups is 1. The quantitative estimate of drug-likeness (QED) is 0.411. The molecule has 0 saturated carbocycles. The summed E-state index contributed by atoms with van der Waals surface area (Å²) in [6.07, 6.45) is 0. The summed E-state index contributed by atoms with van der Waals surface area (Å²) in [5, 5.41) is 10.6. The second kappa shape index (κ2) is 3.57. The summed E-state index contributed by atoms with van der Waals surface area (Å²) in [6.45, 7) is 4.84. The van der Waals surface area contributed by atoms with E-state index in [0.717, 1.165) is 5.56 Å². The Hall–Kier alpha value is -1.71. The highest BCUT2D eigenvalue weighted by atomic mass is 16.6. The molecule has 0 unspecified atom stereocenters. The van der Waals surface area contributed by atoms with Crippen LogP contribution in [0.5, 0.6) is 0 Å². The summed E-state index contributed by atoms with van der Waals surface area (Å²) >= 11 is 0. The van der Waals surface area contributed by atoms with Gasteiger partial charge in [-0.3, -0.25) is 14.9 Å². The van der Waals surface area contributed by atoms with Gasteiger partial charge in [0, 0.05) is 17.2 Å². The third-order valence-electron chi connectivity index (χ3n) is 2.12. The second-order valence-corrected chi connectivity index (χ2v) is 3.27. The van der Waals surface area contributed by atoms with Gasteiger partial charge in [0.1, 0.15) is 0 Å². The van der Waals surface area contributed by atoms with Gasteiger partial charge in [0.15, 0.2) is 5.78 Å². The monoisotopic (exact) mass is 193 g/mol. The first kappa shape index (κ1) is 10.4. The van der Waals surface area contributed by atoms with Gasteiger partial charge in [-0.2, -0.15) is 0 Å². The standard InChI is InChI=1S/C10H11NO3/c1-6-4-7(2)10(11(13)14)5-9(6)8(3)12/h4-5H,1-3H3. The molecule has 74 valence electrons. The Labute approximate surface area is 81.7 Å². The van der Waals surface area contributed by atoms with Crippen LogP contribution in [0.1, 0.15) is 28.4 Å². The van der Waals surface area contributed by atoms with Crippen molar-refractivity contribution >= 4 is 11.5 Å². The van der Waals surface area contributed by atoms with Crippen LogP contribution in [0.25, 0.3) is 0 Å². The van der Waals surface area contributed by atoms with Crippen molar-refractivity contribution in [3.8, 4) is 0 Å². The second-order valence-electron chi connectivity index (χ2n) is 3.27. The van der Waals surface area contributed by atoms with Gasteiger partial charge in [-0.25, -0.2) is 0 Å². The van der Waals surface area contributed by atoms with Gasteiger partial charge in [0.05, 0.1) is 4.92 Å². The average Bonchev–Trinajstić information content (AvgIpc) is 2.02. The first-order valence-corrected chi connectivity index (χ1v) is 4.20. The Bertz CT molecular complexity index is 375. The van der Waals surface area contributed by atoms with E-state index in [-0.39, 0.29) is 11.5 Å². The SMILES string of the molecule is CC(=O)c1cc([N+](=O)[O-])c(C)cc1C. The molecule has 0 aromatic heterocycles. The van der Waals surface area contributed by atoms with Crippen molar-refractivity contribution in [2.45, 2.75) is 20.8 Å². The lowest BCUT2D eigenvalue weighted by atomic mass is 10.0. The Morgan fingerprint density at radius 3 is 2.29 bits per heavy atom. The van der Waals surface area contributed by atoms with Crippen molar-refractivity contribution in [2.75, 3.05) is 0 Å². The predicted molar refractivity (Wildman–Crippen MR) is 52.6 cm³/mol. The Balaban J connectivity index is 3.42. The molecule has 4 heteroatoms. The normalized spacial score (nSPS) is 9.93. The van der Waals surface area contributed by atoms with E-state index in [2.05, 4.69) is 0 Å². The van der Waals surface area contributed by atoms with Crippen LogP contribution in [0.2, 0.25) is 0 Å². The fourth-order valence-electron chi connectivity index (χ4n) is 1.42. The fraction of sp³-hybridized carbons (Fsp3) is 0.300. The van der Waals surface area contributed by atoms with Crippen LogP contribution in [0, 0.1) is 24.0 Å². The average molecular weight is 193 g/mol. The summed E-state index contributed by atoms with van der Waals surface area (Å²) in [5.41, 5.74) is 1.78. The van der Waals surface area contributed by atoms with Crippen molar-refractivity contribution in [1.29, 1.82) is 0 Å². The molecule has 0 fully saturated rings. The minimum atomic E-state index is -0.471. The number of rotatable bonds is 2. The molecule has 0 aliphatic carbocycles. The zero-order valence-electron chi connectivity index (χ0n) is 8.33. The van der Waals surface area contributed by atoms with Gasteiger partial charge in [0.2, 0.25) is 0 Å². The maximum absolute atomic E-state index is 11.1. The molecule has 4 nitrogen and oxygen atoms in total. The lowest BCUT2D eigenvalue weighted by Gasteiger charge is -2.03. The number of nitro groups is 1. The smallest absolute Gasteiger partial charge is 0.273 e. The van der Waals surface area contributed by atoms with E-state index >= 15 is 0 Å². The maximum atomic E-state index is 11.1. The Morgan fingerprint density at radius 1 is 1.29 bits per heavy atom. The molecule has 0 spiro atoms. The van der Waals surface area contributed by atoms with Crippen LogP contribution in [0.15, 0.2) is 12.1 Å². The summed E-state index contributed by atoms with van der Waals surface area (Å²) in [6, 6.07) is 3.00. The minimum Gasteiger partial charge on any atom is -0.294 e. The molecule has 0 atom stereocenters. The predicted octanol–water partition coefficient (Wildman–Crippen LogP) is 2.41. The third-order valence-corrected chi connectivity index (χ3v) is 2.12. The number of aryl methyl sites for hydroxylation is 2. The molecule has 0 aliphatic heterocycles. The number of hydrogen-bond acceptors (Lipinski definition) is 3. The van der Waals surface area contributed by atoms with E-state index in [9.17, 15) is 14.9 Å². The molecule has 0 radical (unpaired) electrons. The molecule has 0 bridgehead atoms. The van der Waals surface area contributed by atoms with Crippen LogP contribution >= 0.6 is 0 Å². The van der Waals surface area contributed by atoms with Crippen LogP contribution in [-0.2, 0) is 0 Å². The van der Waals surface area contributed by atoms with Crippen LogP contribution in [-0.4, -0.2) is 10.7 Å². The summed E-state index contributed by atoms with van der Waals surface area (Å²) in [5.74, 6) is -0.148. The molecule has 1 rings (SSSR count). The highest BCUT2D eigenvalue weighted by Crippen LogP contribution is 2.22. The van der Waals surface area contributed by atoms with Crippen LogP contribution in [0.3, 0.4) is 0 Å².